The molecule has 0 aliphatic carbocycles. The first-order valence-corrected chi connectivity index (χ1v) is 3.74. The molecule has 0 aromatic heterocycles. The Balaban J connectivity index is 0.000000487. The van der Waals surface area contributed by atoms with E-state index in [4.69, 9.17) is 9.90 Å². The highest BCUT2D eigenvalue weighted by Gasteiger charge is 2.17. The lowest BCUT2D eigenvalue weighted by Gasteiger charge is -1.94. The predicted molar refractivity (Wildman–Crippen MR) is 46.3 cm³/mol. The smallest absolute Gasteiger partial charge is 0.307 e. The number of nitro groups is 1. The Morgan fingerprint density at radius 1 is 1.25 bits per heavy atom. The fourth-order valence-corrected chi connectivity index (χ4v) is 0.652. The minimum absolute atomic E-state index is 0.132. The number of aliphatic carboxylic acids is 1. The first-order chi connectivity index (χ1) is 7.25. The van der Waals surface area contributed by atoms with Crippen LogP contribution in [0.1, 0.15) is 6.92 Å². The van der Waals surface area contributed by atoms with Crippen molar-refractivity contribution in [3.8, 4) is 0 Å². The van der Waals surface area contributed by atoms with Crippen LogP contribution in [0.5, 0.6) is 0 Å². The van der Waals surface area contributed by atoms with Crippen molar-refractivity contribution in [1.29, 1.82) is 0 Å². The number of carboxylic acid groups (broad SMARTS) is 1. The molecule has 0 unspecified atom stereocenters. The highest BCUT2D eigenvalue weighted by atomic mass is 19.2. The highest BCUT2D eigenvalue weighted by molar-refractivity contribution is 5.62. The van der Waals surface area contributed by atoms with E-state index < -0.39 is 34.0 Å². The second-order valence-corrected chi connectivity index (χ2v) is 2.49. The van der Waals surface area contributed by atoms with E-state index in [-0.39, 0.29) is 12.1 Å². The van der Waals surface area contributed by atoms with Gasteiger partial charge in [-0.05, 0) is 0 Å². The van der Waals surface area contributed by atoms with E-state index in [0.29, 0.717) is 0 Å². The third-order valence-electron chi connectivity index (χ3n) is 1.19. The molecule has 1 N–H and O–H groups in total. The zero-order valence-corrected chi connectivity index (χ0v) is 7.91. The average Bonchev–Trinajstić information content (AvgIpc) is 2.09. The molecule has 0 spiro atoms. The van der Waals surface area contributed by atoms with Gasteiger partial charge in [-0.3, -0.25) is 14.9 Å². The number of carboxylic acids is 1. The van der Waals surface area contributed by atoms with E-state index in [9.17, 15) is 23.3 Å². The lowest BCUT2D eigenvalue weighted by atomic mass is 10.3. The normalized spacial score (nSPS) is 9.00. The minimum atomic E-state index is -1.45. The molecule has 0 atom stereocenters. The van der Waals surface area contributed by atoms with Crippen LogP contribution in [-0.4, -0.2) is 16.0 Å². The quantitative estimate of drug-likeness (QED) is 0.460. The first-order valence-electron chi connectivity index (χ1n) is 3.74. The Labute approximate surface area is 87.3 Å². The van der Waals surface area contributed by atoms with Gasteiger partial charge in [0.1, 0.15) is 0 Å². The van der Waals surface area contributed by atoms with Crippen molar-refractivity contribution >= 4 is 11.7 Å². The van der Waals surface area contributed by atoms with Gasteiger partial charge in [0.25, 0.3) is 5.97 Å². The monoisotopic (exact) mass is 237 g/mol. The van der Waals surface area contributed by atoms with E-state index in [0.717, 1.165) is 6.92 Å². The summed E-state index contributed by atoms with van der Waals surface area (Å²) in [6, 6.07) is 0.331. The lowest BCUT2D eigenvalue weighted by molar-refractivity contribution is -0.387. The van der Waals surface area contributed by atoms with Crippen LogP contribution < -0.4 is 0 Å². The van der Waals surface area contributed by atoms with Crippen molar-refractivity contribution in [2.24, 2.45) is 0 Å². The van der Waals surface area contributed by atoms with Gasteiger partial charge in [0, 0.05) is 13.0 Å². The molecule has 0 amide bonds. The molecule has 0 radical (unpaired) electrons. The topological polar surface area (TPSA) is 80.4 Å². The SMILES string of the molecule is CC(=O)O.O=[N+]([O-])c1cc(F)c(F)cc1F. The van der Waals surface area contributed by atoms with Crippen molar-refractivity contribution < 1.29 is 28.0 Å². The van der Waals surface area contributed by atoms with Crippen LogP contribution in [-0.2, 0) is 4.79 Å². The Kier molecular flexibility index (Phi) is 4.93. The number of nitrogens with zero attached hydrogens (tertiary/aromatic N) is 1. The molecule has 0 saturated heterocycles. The Morgan fingerprint density at radius 3 is 2.00 bits per heavy atom. The van der Waals surface area contributed by atoms with Crippen molar-refractivity contribution in [2.75, 3.05) is 0 Å². The van der Waals surface area contributed by atoms with Crippen molar-refractivity contribution in [3.63, 3.8) is 0 Å². The number of hydrogen-bond donors (Lipinski definition) is 1. The third-order valence-corrected chi connectivity index (χ3v) is 1.19. The standard InChI is InChI=1S/C6H2F3NO2.C2H4O2/c7-3-1-5(9)6(10(11)12)2-4(3)8;1-2(3)4/h1-2H;1H3,(H,3,4). The lowest BCUT2D eigenvalue weighted by Crippen LogP contribution is -1.95. The van der Waals surface area contributed by atoms with Crippen LogP contribution in [0.4, 0.5) is 18.9 Å². The number of carbonyl (C=O) groups is 1. The molecular formula is C8H6F3NO4. The van der Waals surface area contributed by atoms with Gasteiger partial charge in [0.15, 0.2) is 11.6 Å². The molecule has 0 heterocycles. The first kappa shape index (κ1) is 13.9. The summed E-state index contributed by atoms with van der Waals surface area (Å²) in [5, 5.41) is 17.4. The molecule has 0 aliphatic rings. The van der Waals surface area contributed by atoms with Crippen LogP contribution in [0.25, 0.3) is 0 Å². The van der Waals surface area contributed by atoms with Crippen LogP contribution in [0.15, 0.2) is 12.1 Å². The second-order valence-electron chi connectivity index (χ2n) is 2.49. The number of halogens is 3. The molecule has 1 aromatic rings. The maximum absolute atomic E-state index is 12.4. The Hall–Kier alpha value is -2.12. The van der Waals surface area contributed by atoms with Gasteiger partial charge in [-0.1, -0.05) is 0 Å². The molecular weight excluding hydrogens is 231 g/mol. The van der Waals surface area contributed by atoms with Crippen LogP contribution in [0.2, 0.25) is 0 Å². The summed E-state index contributed by atoms with van der Waals surface area (Å²) in [6.45, 7) is 1.08. The average molecular weight is 237 g/mol. The van der Waals surface area contributed by atoms with E-state index in [1.807, 2.05) is 0 Å². The van der Waals surface area contributed by atoms with Crippen LogP contribution in [0, 0.1) is 27.6 Å². The molecule has 88 valence electrons. The predicted octanol–water partition coefficient (Wildman–Crippen LogP) is 2.10. The number of hydrogen-bond acceptors (Lipinski definition) is 3. The van der Waals surface area contributed by atoms with Gasteiger partial charge in [-0.25, -0.2) is 8.78 Å². The molecule has 0 saturated carbocycles. The van der Waals surface area contributed by atoms with Crippen molar-refractivity contribution in [1.82, 2.24) is 0 Å². The van der Waals surface area contributed by atoms with Gasteiger partial charge in [-0.2, -0.15) is 4.39 Å². The van der Waals surface area contributed by atoms with Gasteiger partial charge < -0.3 is 5.11 Å². The summed E-state index contributed by atoms with van der Waals surface area (Å²) in [7, 11) is 0. The third kappa shape index (κ3) is 4.40. The minimum Gasteiger partial charge on any atom is -0.481 e. The summed E-state index contributed by atoms with van der Waals surface area (Å²) in [4.78, 5) is 17.8. The molecule has 0 aliphatic heterocycles. The van der Waals surface area contributed by atoms with Crippen molar-refractivity contribution in [3.05, 3.63) is 39.7 Å². The highest BCUT2D eigenvalue weighted by Crippen LogP contribution is 2.19. The van der Waals surface area contributed by atoms with Crippen LogP contribution >= 0.6 is 0 Å². The van der Waals surface area contributed by atoms with E-state index in [1.54, 1.807) is 0 Å². The second kappa shape index (κ2) is 5.69. The van der Waals surface area contributed by atoms with Gasteiger partial charge >= 0.3 is 5.69 Å². The van der Waals surface area contributed by atoms with Gasteiger partial charge in [-0.15, -0.1) is 0 Å². The van der Waals surface area contributed by atoms with E-state index >= 15 is 0 Å². The maximum atomic E-state index is 12.4. The molecule has 0 fully saturated rings. The zero-order chi connectivity index (χ0) is 12.9. The number of nitro benzene ring substituents is 1. The fraction of sp³-hybridized carbons (Fsp3) is 0.125. The number of rotatable bonds is 1. The van der Waals surface area contributed by atoms with Gasteiger partial charge in [0.05, 0.1) is 11.0 Å². The van der Waals surface area contributed by atoms with Crippen LogP contribution in [0.3, 0.4) is 0 Å². The Bertz CT molecular complexity index is 418. The summed E-state index contributed by atoms with van der Waals surface area (Å²) < 4.78 is 36.9. The van der Waals surface area contributed by atoms with E-state index in [2.05, 4.69) is 0 Å². The molecule has 0 bridgehead atoms. The maximum Gasteiger partial charge on any atom is 0.307 e. The molecule has 1 aromatic carbocycles. The Morgan fingerprint density at radius 2 is 1.62 bits per heavy atom. The summed E-state index contributed by atoms with van der Waals surface area (Å²) in [5.74, 6) is -5.11. The number of benzene rings is 1. The fourth-order valence-electron chi connectivity index (χ4n) is 0.652. The molecule has 16 heavy (non-hydrogen) atoms. The van der Waals surface area contributed by atoms with E-state index in [1.165, 1.54) is 0 Å². The largest absolute Gasteiger partial charge is 0.481 e. The molecule has 8 heteroatoms. The van der Waals surface area contributed by atoms with Gasteiger partial charge in [0.2, 0.25) is 5.82 Å². The summed E-state index contributed by atoms with van der Waals surface area (Å²) >= 11 is 0. The molecule has 5 nitrogen and oxygen atoms in total. The summed E-state index contributed by atoms with van der Waals surface area (Å²) in [5.41, 5.74) is -1.08. The summed E-state index contributed by atoms with van der Waals surface area (Å²) in [6.07, 6.45) is 0. The van der Waals surface area contributed by atoms with Crippen molar-refractivity contribution in [2.45, 2.75) is 6.92 Å². The molecule has 1 rings (SSSR count). The zero-order valence-electron chi connectivity index (χ0n) is 7.91.